The Labute approximate surface area is 160 Å². The molecule has 0 heterocycles. The number of ether oxygens (including phenoxy) is 4. The summed E-state index contributed by atoms with van der Waals surface area (Å²) in [4.78, 5) is 12.1. The Morgan fingerprint density at radius 2 is 1.67 bits per heavy atom. The molecule has 0 aliphatic carbocycles. The second-order valence-electron chi connectivity index (χ2n) is 6.06. The predicted octanol–water partition coefficient (Wildman–Crippen LogP) is 3.50. The number of carbonyl (C=O) groups is 1. The molecule has 6 heteroatoms. The number of carbonyl (C=O) groups excluding carboxylic acids is 1. The lowest BCUT2D eigenvalue weighted by molar-refractivity contribution is -0.121. The van der Waals surface area contributed by atoms with E-state index in [1.54, 1.807) is 33.5 Å². The maximum atomic E-state index is 12.1. The second-order valence-corrected chi connectivity index (χ2v) is 6.06. The van der Waals surface area contributed by atoms with Crippen LogP contribution >= 0.6 is 0 Å². The number of nitrogens with one attached hydrogen (secondary N) is 1. The van der Waals surface area contributed by atoms with Gasteiger partial charge in [-0.3, -0.25) is 4.79 Å². The monoisotopic (exact) mass is 373 g/mol. The van der Waals surface area contributed by atoms with Crippen molar-refractivity contribution in [3.63, 3.8) is 0 Å². The number of benzene rings is 2. The van der Waals surface area contributed by atoms with Gasteiger partial charge in [0.05, 0.1) is 27.9 Å². The van der Waals surface area contributed by atoms with Crippen LogP contribution in [0.4, 0.5) is 0 Å². The second kappa shape index (κ2) is 10.3. The van der Waals surface area contributed by atoms with Gasteiger partial charge in [0.1, 0.15) is 11.5 Å². The van der Waals surface area contributed by atoms with Crippen molar-refractivity contribution in [1.29, 1.82) is 0 Å². The van der Waals surface area contributed by atoms with E-state index in [0.717, 1.165) is 16.9 Å². The molecule has 0 radical (unpaired) electrons. The third kappa shape index (κ3) is 6.09. The van der Waals surface area contributed by atoms with Crippen LogP contribution in [0.25, 0.3) is 0 Å². The van der Waals surface area contributed by atoms with E-state index < -0.39 is 0 Å². The Hall–Kier alpha value is -2.89. The van der Waals surface area contributed by atoms with Crippen molar-refractivity contribution in [3.8, 4) is 23.0 Å². The quantitative estimate of drug-likeness (QED) is 0.646. The Balaban J connectivity index is 1.81. The minimum absolute atomic E-state index is 0.0420. The third-order valence-corrected chi connectivity index (χ3v) is 4.07. The first-order chi connectivity index (χ1) is 13.1. The van der Waals surface area contributed by atoms with Crippen LogP contribution < -0.4 is 24.3 Å². The van der Waals surface area contributed by atoms with Crippen LogP contribution in [0.1, 0.15) is 24.0 Å². The maximum absolute atomic E-state index is 12.1. The summed E-state index contributed by atoms with van der Waals surface area (Å²) in [6.07, 6.45) is 1.03. The number of hydrogen-bond acceptors (Lipinski definition) is 5. The molecule has 146 valence electrons. The van der Waals surface area contributed by atoms with Gasteiger partial charge in [-0.05, 0) is 37.1 Å². The summed E-state index contributed by atoms with van der Waals surface area (Å²) in [7, 11) is 4.72. The average Bonchev–Trinajstić information content (AvgIpc) is 2.68. The van der Waals surface area contributed by atoms with Gasteiger partial charge in [0.2, 0.25) is 5.91 Å². The van der Waals surface area contributed by atoms with Crippen LogP contribution in [0, 0.1) is 6.92 Å². The molecule has 0 aliphatic heterocycles. The summed E-state index contributed by atoms with van der Waals surface area (Å²) in [6.45, 7) is 2.86. The SMILES string of the molecule is COc1cc(OC)c(OC)cc1CNC(=O)CCCOc1cccc(C)c1. The van der Waals surface area contributed by atoms with E-state index in [-0.39, 0.29) is 5.91 Å². The van der Waals surface area contributed by atoms with Crippen molar-refractivity contribution in [2.75, 3.05) is 27.9 Å². The lowest BCUT2D eigenvalue weighted by atomic mass is 10.1. The van der Waals surface area contributed by atoms with E-state index >= 15 is 0 Å². The van der Waals surface area contributed by atoms with Gasteiger partial charge in [-0.1, -0.05) is 12.1 Å². The van der Waals surface area contributed by atoms with E-state index in [2.05, 4.69) is 5.32 Å². The highest BCUT2D eigenvalue weighted by Crippen LogP contribution is 2.34. The molecule has 1 N–H and O–H groups in total. The Bertz CT molecular complexity index is 760. The standard InChI is InChI=1S/C21H27NO5/c1-15-7-5-8-17(11-15)27-10-6-9-21(23)22-14-16-12-19(25-3)20(26-4)13-18(16)24-2/h5,7-8,11-13H,6,9-10,14H2,1-4H3,(H,22,23). The molecular formula is C21H27NO5. The fourth-order valence-corrected chi connectivity index (χ4v) is 2.64. The first-order valence-electron chi connectivity index (χ1n) is 8.82. The molecular weight excluding hydrogens is 346 g/mol. The zero-order valence-electron chi connectivity index (χ0n) is 16.3. The lowest BCUT2D eigenvalue weighted by Gasteiger charge is -2.14. The minimum atomic E-state index is -0.0420. The van der Waals surface area contributed by atoms with Crippen molar-refractivity contribution < 1.29 is 23.7 Å². The van der Waals surface area contributed by atoms with Crippen LogP contribution in [0.3, 0.4) is 0 Å². The van der Waals surface area contributed by atoms with Gasteiger partial charge >= 0.3 is 0 Å². The van der Waals surface area contributed by atoms with E-state index in [1.807, 2.05) is 31.2 Å². The van der Waals surface area contributed by atoms with Gasteiger partial charge in [0.15, 0.2) is 11.5 Å². The van der Waals surface area contributed by atoms with E-state index in [4.69, 9.17) is 18.9 Å². The largest absolute Gasteiger partial charge is 0.496 e. The topological polar surface area (TPSA) is 66.0 Å². The van der Waals surface area contributed by atoms with Crippen LogP contribution in [0.2, 0.25) is 0 Å². The first kappa shape index (κ1) is 20.4. The fraction of sp³-hybridized carbons (Fsp3) is 0.381. The molecule has 0 unspecified atom stereocenters. The molecule has 0 saturated carbocycles. The summed E-state index contributed by atoms with van der Waals surface area (Å²) < 4.78 is 21.6. The number of rotatable bonds is 10. The number of methoxy groups -OCH3 is 3. The van der Waals surface area contributed by atoms with Crippen molar-refractivity contribution in [2.45, 2.75) is 26.3 Å². The van der Waals surface area contributed by atoms with Gasteiger partial charge in [0.25, 0.3) is 0 Å². The number of amides is 1. The summed E-state index contributed by atoms with van der Waals surface area (Å²) >= 11 is 0. The van der Waals surface area contributed by atoms with E-state index in [9.17, 15) is 4.79 Å². The minimum Gasteiger partial charge on any atom is -0.496 e. The third-order valence-electron chi connectivity index (χ3n) is 4.07. The molecule has 2 aromatic carbocycles. The molecule has 1 amide bonds. The lowest BCUT2D eigenvalue weighted by Crippen LogP contribution is -2.23. The zero-order valence-corrected chi connectivity index (χ0v) is 16.3. The Morgan fingerprint density at radius 3 is 2.33 bits per heavy atom. The first-order valence-corrected chi connectivity index (χ1v) is 8.82. The molecule has 0 fully saturated rings. The summed E-state index contributed by atoms with van der Waals surface area (Å²) in [5.41, 5.74) is 1.97. The molecule has 0 aliphatic rings. The summed E-state index contributed by atoms with van der Waals surface area (Å²) in [5.74, 6) is 2.59. The zero-order chi connectivity index (χ0) is 19.6. The molecule has 0 aromatic heterocycles. The molecule has 0 bridgehead atoms. The summed E-state index contributed by atoms with van der Waals surface area (Å²) in [5, 5.41) is 2.90. The van der Waals surface area contributed by atoms with Crippen molar-refractivity contribution >= 4 is 5.91 Å². The highest BCUT2D eigenvalue weighted by atomic mass is 16.5. The van der Waals surface area contributed by atoms with Gasteiger partial charge in [-0.25, -0.2) is 0 Å². The van der Waals surface area contributed by atoms with Gasteiger partial charge in [0, 0.05) is 24.6 Å². The van der Waals surface area contributed by atoms with Crippen molar-refractivity contribution in [1.82, 2.24) is 5.32 Å². The number of aryl methyl sites for hydroxylation is 1. The molecule has 2 aromatic rings. The molecule has 0 atom stereocenters. The van der Waals surface area contributed by atoms with Gasteiger partial charge in [-0.15, -0.1) is 0 Å². The number of hydrogen-bond donors (Lipinski definition) is 1. The summed E-state index contributed by atoms with van der Waals surface area (Å²) in [6, 6.07) is 11.4. The van der Waals surface area contributed by atoms with Crippen molar-refractivity contribution in [2.24, 2.45) is 0 Å². The highest BCUT2D eigenvalue weighted by molar-refractivity contribution is 5.76. The highest BCUT2D eigenvalue weighted by Gasteiger charge is 2.12. The van der Waals surface area contributed by atoms with Crippen molar-refractivity contribution in [3.05, 3.63) is 47.5 Å². The van der Waals surface area contributed by atoms with Crippen LogP contribution in [0.15, 0.2) is 36.4 Å². The molecule has 27 heavy (non-hydrogen) atoms. The van der Waals surface area contributed by atoms with Gasteiger partial charge < -0.3 is 24.3 Å². The fourth-order valence-electron chi connectivity index (χ4n) is 2.64. The molecule has 0 saturated heterocycles. The molecule has 2 rings (SSSR count). The maximum Gasteiger partial charge on any atom is 0.220 e. The van der Waals surface area contributed by atoms with Crippen LogP contribution in [-0.4, -0.2) is 33.8 Å². The smallest absolute Gasteiger partial charge is 0.220 e. The molecule has 6 nitrogen and oxygen atoms in total. The van der Waals surface area contributed by atoms with Crippen LogP contribution in [-0.2, 0) is 11.3 Å². The van der Waals surface area contributed by atoms with Gasteiger partial charge in [-0.2, -0.15) is 0 Å². The van der Waals surface area contributed by atoms with E-state index in [1.165, 1.54) is 0 Å². The normalized spacial score (nSPS) is 10.2. The molecule has 0 spiro atoms. The Morgan fingerprint density at radius 1 is 0.963 bits per heavy atom. The Kier molecular flexibility index (Phi) is 7.79. The average molecular weight is 373 g/mol. The van der Waals surface area contributed by atoms with Crippen LogP contribution in [0.5, 0.6) is 23.0 Å². The van der Waals surface area contributed by atoms with E-state index in [0.29, 0.717) is 43.2 Å². The predicted molar refractivity (Wildman–Crippen MR) is 104 cm³/mol.